The predicted molar refractivity (Wildman–Crippen MR) is 158 cm³/mol. The lowest BCUT2D eigenvalue weighted by atomic mass is 10.1. The number of amides is 2. The van der Waals surface area contributed by atoms with E-state index in [2.05, 4.69) is 5.32 Å². The summed E-state index contributed by atoms with van der Waals surface area (Å²) < 4.78 is 34.5. The minimum atomic E-state index is -4.11. The van der Waals surface area contributed by atoms with Gasteiger partial charge in [0.05, 0.1) is 17.7 Å². The molecule has 0 bridgehead atoms. The number of likely N-dealkylation sites (N-methyl/N-ethyl adjacent to an activating group) is 1. The monoisotopic (exact) mass is 565 g/mol. The predicted octanol–water partition coefficient (Wildman–Crippen LogP) is 4.76. The normalized spacial score (nSPS) is 11.9. The standard InChI is InChI=1S/C31H39N3O5S/c1-7-28(31(36)32-8-2)33(20-25-13-15-26(39-6)16-14-25)30(35)21-34(29-19-23(4)9-12-24(29)5)40(37,38)27-17-10-22(3)11-18-27/h9-19,28H,7-8,20-21H2,1-6H3,(H,32,36). The molecule has 1 atom stereocenters. The molecule has 0 radical (unpaired) electrons. The number of carbonyl (C=O) groups excluding carboxylic acids is 2. The molecular weight excluding hydrogens is 526 g/mol. The van der Waals surface area contributed by atoms with Gasteiger partial charge >= 0.3 is 0 Å². The number of nitrogens with zero attached hydrogens (tertiary/aromatic N) is 2. The molecule has 0 saturated heterocycles. The van der Waals surface area contributed by atoms with Crippen LogP contribution >= 0.6 is 0 Å². The highest BCUT2D eigenvalue weighted by Gasteiger charge is 2.34. The highest BCUT2D eigenvalue weighted by atomic mass is 32.2. The molecule has 40 heavy (non-hydrogen) atoms. The second-order valence-corrected chi connectivity index (χ2v) is 11.7. The Hall–Kier alpha value is -3.85. The number of carbonyl (C=O) groups is 2. The van der Waals surface area contributed by atoms with Crippen molar-refractivity contribution < 1.29 is 22.7 Å². The van der Waals surface area contributed by atoms with Crippen molar-refractivity contribution in [3.05, 3.63) is 89.0 Å². The molecule has 8 nitrogen and oxygen atoms in total. The van der Waals surface area contributed by atoms with Crippen molar-refractivity contribution in [1.82, 2.24) is 10.2 Å². The van der Waals surface area contributed by atoms with Gasteiger partial charge in [-0.1, -0.05) is 48.9 Å². The molecular formula is C31H39N3O5S. The first-order chi connectivity index (χ1) is 19.0. The van der Waals surface area contributed by atoms with E-state index in [-0.39, 0.29) is 17.3 Å². The zero-order chi connectivity index (χ0) is 29.4. The molecule has 0 aromatic heterocycles. The van der Waals surface area contributed by atoms with Crippen LogP contribution in [0.25, 0.3) is 0 Å². The number of hydrogen-bond donors (Lipinski definition) is 1. The van der Waals surface area contributed by atoms with E-state index in [0.717, 1.165) is 21.0 Å². The van der Waals surface area contributed by atoms with Crippen LogP contribution < -0.4 is 14.4 Å². The molecule has 214 valence electrons. The van der Waals surface area contributed by atoms with Gasteiger partial charge in [0, 0.05) is 13.1 Å². The van der Waals surface area contributed by atoms with E-state index in [0.29, 0.717) is 30.0 Å². The number of rotatable bonds is 12. The zero-order valence-corrected chi connectivity index (χ0v) is 24.9. The van der Waals surface area contributed by atoms with Crippen molar-refractivity contribution in [2.45, 2.75) is 58.5 Å². The van der Waals surface area contributed by atoms with Gasteiger partial charge in [0.1, 0.15) is 18.3 Å². The summed E-state index contributed by atoms with van der Waals surface area (Å²) in [7, 11) is -2.54. The van der Waals surface area contributed by atoms with Crippen LogP contribution in [0.2, 0.25) is 0 Å². The fraction of sp³-hybridized carbons (Fsp3) is 0.355. The zero-order valence-electron chi connectivity index (χ0n) is 24.1. The summed E-state index contributed by atoms with van der Waals surface area (Å²) in [5.74, 6) is -0.0975. The van der Waals surface area contributed by atoms with Gasteiger partial charge in [0.2, 0.25) is 11.8 Å². The Morgan fingerprint density at radius 1 is 0.900 bits per heavy atom. The molecule has 2 amide bonds. The van der Waals surface area contributed by atoms with Crippen LogP contribution in [0, 0.1) is 20.8 Å². The Labute approximate surface area is 238 Å². The molecule has 1 unspecified atom stereocenters. The minimum absolute atomic E-state index is 0.0873. The van der Waals surface area contributed by atoms with Crippen LogP contribution in [0.15, 0.2) is 71.6 Å². The van der Waals surface area contributed by atoms with E-state index in [1.165, 1.54) is 4.90 Å². The van der Waals surface area contributed by atoms with Crippen LogP contribution in [-0.4, -0.2) is 51.4 Å². The fourth-order valence-electron chi connectivity index (χ4n) is 4.48. The first kappa shape index (κ1) is 30.7. The Kier molecular flexibility index (Phi) is 10.3. The van der Waals surface area contributed by atoms with Gasteiger partial charge in [-0.15, -0.1) is 0 Å². The summed E-state index contributed by atoms with van der Waals surface area (Å²) >= 11 is 0. The quantitative estimate of drug-likeness (QED) is 0.342. The number of benzene rings is 3. The second kappa shape index (κ2) is 13.5. The molecule has 0 spiro atoms. The molecule has 1 N–H and O–H groups in total. The van der Waals surface area contributed by atoms with Crippen LogP contribution in [0.5, 0.6) is 5.75 Å². The summed E-state index contributed by atoms with van der Waals surface area (Å²) in [5.41, 5.74) is 3.71. The largest absolute Gasteiger partial charge is 0.497 e. The second-order valence-electron chi connectivity index (χ2n) is 9.80. The number of methoxy groups -OCH3 is 1. The maximum absolute atomic E-state index is 14.1. The molecule has 0 saturated carbocycles. The molecule has 0 heterocycles. The number of anilines is 1. The smallest absolute Gasteiger partial charge is 0.264 e. The van der Waals surface area contributed by atoms with Gasteiger partial charge in [-0.3, -0.25) is 13.9 Å². The average molecular weight is 566 g/mol. The molecule has 3 rings (SSSR count). The first-order valence-corrected chi connectivity index (χ1v) is 14.8. The van der Waals surface area contributed by atoms with Gasteiger partial charge in [-0.25, -0.2) is 8.42 Å². The van der Waals surface area contributed by atoms with Crippen LogP contribution in [0.4, 0.5) is 5.69 Å². The Morgan fingerprint density at radius 3 is 2.10 bits per heavy atom. The summed E-state index contributed by atoms with van der Waals surface area (Å²) in [6.07, 6.45) is 0.363. The highest BCUT2D eigenvalue weighted by molar-refractivity contribution is 7.92. The van der Waals surface area contributed by atoms with Gasteiger partial charge in [0.15, 0.2) is 0 Å². The molecule has 3 aromatic carbocycles. The number of ether oxygens (including phenoxy) is 1. The van der Waals surface area contributed by atoms with Crippen molar-refractivity contribution in [3.63, 3.8) is 0 Å². The molecule has 0 aliphatic rings. The van der Waals surface area contributed by atoms with Gasteiger partial charge in [-0.2, -0.15) is 0 Å². The third-order valence-electron chi connectivity index (χ3n) is 6.77. The summed E-state index contributed by atoms with van der Waals surface area (Å²) in [6, 6.07) is 18.5. The van der Waals surface area contributed by atoms with E-state index >= 15 is 0 Å². The van der Waals surface area contributed by atoms with Crippen molar-refractivity contribution >= 4 is 27.5 Å². The summed E-state index contributed by atoms with van der Waals surface area (Å²) in [4.78, 5) is 28.7. The van der Waals surface area contributed by atoms with Gasteiger partial charge < -0.3 is 15.0 Å². The van der Waals surface area contributed by atoms with Crippen LogP contribution in [-0.2, 0) is 26.2 Å². The molecule has 0 aliphatic carbocycles. The fourth-order valence-corrected chi connectivity index (χ4v) is 5.95. The lowest BCUT2D eigenvalue weighted by Crippen LogP contribution is -2.52. The van der Waals surface area contributed by atoms with Crippen molar-refractivity contribution in [1.29, 1.82) is 0 Å². The number of aryl methyl sites for hydroxylation is 3. The van der Waals surface area contributed by atoms with Gasteiger partial charge in [0.25, 0.3) is 10.0 Å². The topological polar surface area (TPSA) is 96.0 Å². The lowest BCUT2D eigenvalue weighted by molar-refractivity contribution is -0.140. The van der Waals surface area contributed by atoms with Gasteiger partial charge in [-0.05, 0) is 81.1 Å². The maximum Gasteiger partial charge on any atom is 0.264 e. The van der Waals surface area contributed by atoms with E-state index in [4.69, 9.17) is 4.74 Å². The lowest BCUT2D eigenvalue weighted by Gasteiger charge is -2.33. The van der Waals surface area contributed by atoms with Crippen molar-refractivity contribution in [2.75, 3.05) is 24.5 Å². The van der Waals surface area contributed by atoms with E-state index in [1.54, 1.807) is 49.6 Å². The number of hydrogen-bond acceptors (Lipinski definition) is 5. The summed E-state index contributed by atoms with van der Waals surface area (Å²) in [6.45, 7) is 9.30. The third-order valence-corrected chi connectivity index (χ3v) is 8.54. The average Bonchev–Trinajstić information content (AvgIpc) is 2.93. The Balaban J connectivity index is 2.09. The first-order valence-electron chi connectivity index (χ1n) is 13.4. The van der Waals surface area contributed by atoms with E-state index in [1.807, 2.05) is 58.9 Å². The SMILES string of the molecule is CCNC(=O)C(CC)N(Cc1ccc(OC)cc1)C(=O)CN(c1cc(C)ccc1C)S(=O)(=O)c1ccc(C)cc1. The number of nitrogens with one attached hydrogen (secondary N) is 1. The number of sulfonamides is 1. The van der Waals surface area contributed by atoms with Crippen molar-refractivity contribution in [3.8, 4) is 5.75 Å². The summed E-state index contributed by atoms with van der Waals surface area (Å²) in [5, 5.41) is 2.81. The maximum atomic E-state index is 14.1. The van der Waals surface area contributed by atoms with Crippen LogP contribution in [0.1, 0.15) is 42.5 Å². The molecule has 9 heteroatoms. The van der Waals surface area contributed by atoms with E-state index < -0.39 is 28.5 Å². The molecule has 0 aliphatic heterocycles. The molecule has 0 fully saturated rings. The van der Waals surface area contributed by atoms with E-state index in [9.17, 15) is 18.0 Å². The highest BCUT2D eigenvalue weighted by Crippen LogP contribution is 2.29. The minimum Gasteiger partial charge on any atom is -0.497 e. The van der Waals surface area contributed by atoms with Crippen LogP contribution in [0.3, 0.4) is 0 Å². The Bertz CT molecular complexity index is 1420. The van der Waals surface area contributed by atoms with Crippen molar-refractivity contribution in [2.24, 2.45) is 0 Å². The Morgan fingerprint density at radius 2 is 1.52 bits per heavy atom. The molecule has 3 aromatic rings. The third kappa shape index (κ3) is 7.21.